The molecular weight excluding hydrogens is 330 g/mol. The molecule has 0 unspecified atom stereocenters. The summed E-state index contributed by atoms with van der Waals surface area (Å²) in [4.78, 5) is 44.8. The molecule has 0 radical (unpaired) electrons. The number of hydrogen-bond acceptors (Lipinski definition) is 9. The second kappa shape index (κ2) is 8.73. The van der Waals surface area contributed by atoms with Gasteiger partial charge in [-0.15, -0.1) is 11.8 Å². The van der Waals surface area contributed by atoms with Gasteiger partial charge in [-0.05, 0) is 0 Å². The molecule has 0 aromatic carbocycles. The number of nitrogens with two attached hydrogens (primary N) is 1. The van der Waals surface area contributed by atoms with Crippen molar-refractivity contribution in [2.75, 3.05) is 12.4 Å². The second-order valence-electron chi connectivity index (χ2n) is 4.78. The summed E-state index contributed by atoms with van der Waals surface area (Å²) in [6, 6.07) is 0. The molecule has 10 heteroatoms. The third-order valence-electron chi connectivity index (χ3n) is 2.69. The molecule has 1 amide bonds. The van der Waals surface area contributed by atoms with Crippen LogP contribution in [0.3, 0.4) is 0 Å². The molecule has 0 aromatic heterocycles. The number of ether oxygens (including phenoxy) is 4. The number of carbonyl (C=O) groups is 4. The van der Waals surface area contributed by atoms with Gasteiger partial charge in [0.2, 0.25) is 5.91 Å². The highest BCUT2D eigenvalue weighted by molar-refractivity contribution is 8.00. The molecule has 1 saturated heterocycles. The Hall–Kier alpha value is -1.81. The summed E-state index contributed by atoms with van der Waals surface area (Å²) in [6.07, 6.45) is -3.01. The van der Waals surface area contributed by atoms with E-state index in [0.717, 1.165) is 11.8 Å². The Kier molecular flexibility index (Phi) is 7.30. The van der Waals surface area contributed by atoms with E-state index in [9.17, 15) is 19.2 Å². The van der Waals surface area contributed by atoms with Gasteiger partial charge in [0, 0.05) is 20.8 Å². The van der Waals surface area contributed by atoms with Crippen molar-refractivity contribution >= 4 is 35.6 Å². The topological polar surface area (TPSA) is 131 Å². The molecule has 4 atom stereocenters. The van der Waals surface area contributed by atoms with E-state index in [0.29, 0.717) is 0 Å². The highest BCUT2D eigenvalue weighted by atomic mass is 32.2. The SMILES string of the molecule is CC(=O)O[C@H]1[C@H](OC(C)=O)[C@H](SCC(N)=O)OC[C@H]1OC(C)=O. The van der Waals surface area contributed by atoms with E-state index in [1.165, 1.54) is 20.8 Å². The maximum Gasteiger partial charge on any atom is 0.303 e. The normalized spacial score (nSPS) is 26.9. The monoisotopic (exact) mass is 349 g/mol. The summed E-state index contributed by atoms with van der Waals surface area (Å²) in [6.45, 7) is 3.47. The van der Waals surface area contributed by atoms with Crippen molar-refractivity contribution in [3.8, 4) is 0 Å². The van der Waals surface area contributed by atoms with Crippen LogP contribution in [0.2, 0.25) is 0 Å². The molecule has 130 valence electrons. The van der Waals surface area contributed by atoms with Crippen LogP contribution < -0.4 is 5.73 Å². The Morgan fingerprint density at radius 3 is 2.00 bits per heavy atom. The van der Waals surface area contributed by atoms with Gasteiger partial charge in [0.05, 0.1) is 12.4 Å². The van der Waals surface area contributed by atoms with Crippen molar-refractivity contribution in [3.63, 3.8) is 0 Å². The maximum absolute atomic E-state index is 11.3. The van der Waals surface area contributed by atoms with Crippen LogP contribution in [-0.4, -0.2) is 59.9 Å². The van der Waals surface area contributed by atoms with Gasteiger partial charge in [-0.3, -0.25) is 19.2 Å². The van der Waals surface area contributed by atoms with Crippen molar-refractivity contribution < 1.29 is 38.1 Å². The van der Waals surface area contributed by atoms with Gasteiger partial charge < -0.3 is 24.7 Å². The Bertz CT molecular complexity index is 483. The quantitative estimate of drug-likeness (QED) is 0.491. The minimum atomic E-state index is -1.04. The molecule has 1 rings (SSSR count). The fourth-order valence-electron chi connectivity index (χ4n) is 2.02. The molecule has 1 aliphatic heterocycles. The van der Waals surface area contributed by atoms with Crippen LogP contribution in [0.1, 0.15) is 20.8 Å². The largest absolute Gasteiger partial charge is 0.456 e. The van der Waals surface area contributed by atoms with Crippen molar-refractivity contribution in [1.82, 2.24) is 0 Å². The molecule has 1 heterocycles. The predicted molar refractivity (Wildman–Crippen MR) is 78.1 cm³/mol. The summed E-state index contributed by atoms with van der Waals surface area (Å²) in [5, 5.41) is 0. The molecule has 2 N–H and O–H groups in total. The summed E-state index contributed by atoms with van der Waals surface area (Å²) < 4.78 is 20.8. The molecular formula is C13H19NO8S. The lowest BCUT2D eigenvalue weighted by molar-refractivity contribution is -0.213. The minimum absolute atomic E-state index is 0.0759. The number of carbonyl (C=O) groups excluding carboxylic acids is 4. The highest BCUT2D eigenvalue weighted by Gasteiger charge is 2.47. The van der Waals surface area contributed by atoms with Gasteiger partial charge in [0.15, 0.2) is 18.3 Å². The zero-order valence-corrected chi connectivity index (χ0v) is 13.8. The van der Waals surface area contributed by atoms with Crippen LogP contribution >= 0.6 is 11.8 Å². The first-order chi connectivity index (χ1) is 10.7. The van der Waals surface area contributed by atoms with Gasteiger partial charge >= 0.3 is 17.9 Å². The van der Waals surface area contributed by atoms with Gasteiger partial charge in [0.1, 0.15) is 5.44 Å². The maximum atomic E-state index is 11.3. The Morgan fingerprint density at radius 1 is 1.00 bits per heavy atom. The Labute approximate surface area is 137 Å². The average molecular weight is 349 g/mol. The molecule has 0 saturated carbocycles. The van der Waals surface area contributed by atoms with E-state index >= 15 is 0 Å². The third kappa shape index (κ3) is 6.45. The second-order valence-corrected chi connectivity index (χ2v) is 5.86. The lowest BCUT2D eigenvalue weighted by Crippen LogP contribution is -2.56. The summed E-state index contributed by atoms with van der Waals surface area (Å²) in [5.41, 5.74) is 4.30. The van der Waals surface area contributed by atoms with Crippen LogP contribution in [0.15, 0.2) is 0 Å². The lowest BCUT2D eigenvalue weighted by atomic mass is 10.1. The highest BCUT2D eigenvalue weighted by Crippen LogP contribution is 2.30. The van der Waals surface area contributed by atoms with Crippen molar-refractivity contribution in [2.24, 2.45) is 5.73 Å². The summed E-state index contributed by atoms with van der Waals surface area (Å²) in [5.74, 6) is -2.52. The zero-order chi connectivity index (χ0) is 17.6. The van der Waals surface area contributed by atoms with Crippen LogP contribution in [0.4, 0.5) is 0 Å². The number of rotatable bonds is 6. The van der Waals surface area contributed by atoms with Gasteiger partial charge in [-0.2, -0.15) is 0 Å². The molecule has 1 aliphatic rings. The Balaban J connectivity index is 2.98. The smallest absolute Gasteiger partial charge is 0.303 e. The standard InChI is InChI=1S/C13H19NO8S/c1-6(15)20-9-4-19-13(23-5-10(14)18)12(22-8(3)17)11(9)21-7(2)16/h9,11-13H,4-5H2,1-3H3,(H2,14,18)/t9-,11-,12+,13+/m1/s1. The molecule has 23 heavy (non-hydrogen) atoms. The summed E-state index contributed by atoms with van der Waals surface area (Å²) >= 11 is 1.00. The van der Waals surface area contributed by atoms with E-state index in [1.54, 1.807) is 0 Å². The number of hydrogen-bond donors (Lipinski definition) is 1. The number of thioether (sulfide) groups is 1. The first kappa shape index (κ1) is 19.2. The minimum Gasteiger partial charge on any atom is -0.456 e. The first-order valence-corrected chi connectivity index (χ1v) is 7.78. The van der Waals surface area contributed by atoms with E-state index < -0.39 is 47.6 Å². The van der Waals surface area contributed by atoms with Gasteiger partial charge in [-0.25, -0.2) is 0 Å². The molecule has 0 aliphatic carbocycles. The van der Waals surface area contributed by atoms with E-state index in [1.807, 2.05) is 0 Å². The fraction of sp³-hybridized carbons (Fsp3) is 0.692. The molecule has 0 aromatic rings. The predicted octanol–water partition coefficient (Wildman–Crippen LogP) is -0.644. The van der Waals surface area contributed by atoms with E-state index in [4.69, 9.17) is 24.7 Å². The van der Waals surface area contributed by atoms with E-state index in [-0.39, 0.29) is 12.4 Å². The number of primary amides is 1. The van der Waals surface area contributed by atoms with Crippen molar-refractivity contribution in [3.05, 3.63) is 0 Å². The van der Waals surface area contributed by atoms with Gasteiger partial charge in [0.25, 0.3) is 0 Å². The van der Waals surface area contributed by atoms with Crippen LogP contribution in [0.25, 0.3) is 0 Å². The van der Waals surface area contributed by atoms with Crippen molar-refractivity contribution in [2.45, 2.75) is 44.5 Å². The molecule has 0 bridgehead atoms. The number of amides is 1. The van der Waals surface area contributed by atoms with E-state index in [2.05, 4.69) is 0 Å². The zero-order valence-electron chi connectivity index (χ0n) is 13.0. The fourth-order valence-corrected chi connectivity index (χ4v) is 2.92. The van der Waals surface area contributed by atoms with Crippen molar-refractivity contribution in [1.29, 1.82) is 0 Å². The van der Waals surface area contributed by atoms with Crippen LogP contribution in [0.5, 0.6) is 0 Å². The lowest BCUT2D eigenvalue weighted by Gasteiger charge is -2.40. The van der Waals surface area contributed by atoms with Gasteiger partial charge in [-0.1, -0.05) is 0 Å². The van der Waals surface area contributed by atoms with Crippen LogP contribution in [0, 0.1) is 0 Å². The number of esters is 3. The molecule has 1 fully saturated rings. The molecule has 9 nitrogen and oxygen atoms in total. The van der Waals surface area contributed by atoms with Crippen LogP contribution in [-0.2, 0) is 38.1 Å². The first-order valence-electron chi connectivity index (χ1n) is 6.74. The Morgan fingerprint density at radius 2 is 1.52 bits per heavy atom. The summed E-state index contributed by atoms with van der Waals surface area (Å²) in [7, 11) is 0. The third-order valence-corrected chi connectivity index (χ3v) is 3.88. The average Bonchev–Trinajstić information content (AvgIpc) is 2.39. The molecule has 0 spiro atoms.